The fraction of sp³-hybridized carbons (Fsp3) is 0.273. The summed E-state index contributed by atoms with van der Waals surface area (Å²) in [6.45, 7) is 5.08. The maximum atomic E-state index is 12.4. The average molecular weight is 378 g/mol. The highest BCUT2D eigenvalue weighted by Gasteiger charge is 2.14. The third kappa shape index (κ3) is 4.91. The molecule has 1 unspecified atom stereocenters. The van der Waals surface area contributed by atoms with E-state index in [0.29, 0.717) is 13.1 Å². The van der Waals surface area contributed by atoms with Gasteiger partial charge in [0.15, 0.2) is 0 Å². The summed E-state index contributed by atoms with van der Waals surface area (Å²) in [5.41, 5.74) is 4.27. The molecule has 0 aliphatic heterocycles. The van der Waals surface area contributed by atoms with Gasteiger partial charge in [0.2, 0.25) is 0 Å². The van der Waals surface area contributed by atoms with E-state index in [2.05, 4.69) is 21.8 Å². The predicted octanol–water partition coefficient (Wildman–Crippen LogP) is 3.81. The van der Waals surface area contributed by atoms with Gasteiger partial charge in [-0.1, -0.05) is 42.0 Å². The van der Waals surface area contributed by atoms with E-state index in [-0.39, 0.29) is 12.1 Å². The van der Waals surface area contributed by atoms with E-state index >= 15 is 0 Å². The van der Waals surface area contributed by atoms with Crippen molar-refractivity contribution in [1.29, 1.82) is 0 Å². The Kier molecular flexibility index (Phi) is 6.32. The lowest BCUT2D eigenvalue weighted by atomic mass is 10.0. The fourth-order valence-electron chi connectivity index (χ4n) is 3.15. The van der Waals surface area contributed by atoms with E-state index < -0.39 is 0 Å². The third-order valence-corrected chi connectivity index (χ3v) is 4.65. The van der Waals surface area contributed by atoms with Crippen LogP contribution in [-0.2, 0) is 13.1 Å². The van der Waals surface area contributed by atoms with Gasteiger partial charge in [-0.05, 0) is 37.1 Å². The Morgan fingerprint density at radius 3 is 2.68 bits per heavy atom. The van der Waals surface area contributed by atoms with Gasteiger partial charge >= 0.3 is 6.03 Å². The van der Waals surface area contributed by atoms with Crippen LogP contribution in [0.25, 0.3) is 0 Å². The highest BCUT2D eigenvalue weighted by molar-refractivity contribution is 5.74. The second-order valence-electron chi connectivity index (χ2n) is 6.77. The number of carbonyl (C=O) groups is 1. The standard InChI is InChI=1S/C22H26N4O2/c1-16-9-10-21(28-3)20(13-16)17(2)25-22(27)23-14-18-7-4-5-8-19(18)15-26-12-6-11-24-26/h4-13,17H,14-15H2,1-3H3,(H2,23,25,27). The van der Waals surface area contributed by atoms with Crippen molar-refractivity contribution in [1.82, 2.24) is 20.4 Å². The van der Waals surface area contributed by atoms with Crippen molar-refractivity contribution in [3.63, 3.8) is 0 Å². The van der Waals surface area contributed by atoms with Crippen LogP contribution in [0, 0.1) is 6.92 Å². The van der Waals surface area contributed by atoms with Gasteiger partial charge in [0.05, 0.1) is 19.7 Å². The first-order valence-corrected chi connectivity index (χ1v) is 9.30. The Morgan fingerprint density at radius 2 is 1.96 bits per heavy atom. The molecule has 3 rings (SSSR count). The van der Waals surface area contributed by atoms with Gasteiger partial charge in [-0.2, -0.15) is 5.10 Å². The van der Waals surface area contributed by atoms with E-state index in [1.807, 2.05) is 67.2 Å². The number of urea groups is 1. The quantitative estimate of drug-likeness (QED) is 0.657. The van der Waals surface area contributed by atoms with E-state index in [1.54, 1.807) is 13.3 Å². The van der Waals surface area contributed by atoms with Crippen LogP contribution in [0.3, 0.4) is 0 Å². The molecule has 2 N–H and O–H groups in total. The summed E-state index contributed by atoms with van der Waals surface area (Å²) in [7, 11) is 1.64. The van der Waals surface area contributed by atoms with Gasteiger partial charge < -0.3 is 15.4 Å². The molecule has 6 nitrogen and oxygen atoms in total. The van der Waals surface area contributed by atoms with Gasteiger partial charge in [-0.3, -0.25) is 4.68 Å². The number of amides is 2. The van der Waals surface area contributed by atoms with Crippen molar-refractivity contribution in [3.05, 3.63) is 83.2 Å². The van der Waals surface area contributed by atoms with Crippen LogP contribution in [0.1, 0.15) is 35.2 Å². The molecule has 28 heavy (non-hydrogen) atoms. The number of benzene rings is 2. The molecule has 1 atom stereocenters. The number of carbonyl (C=O) groups excluding carboxylic acids is 1. The van der Waals surface area contributed by atoms with E-state index in [4.69, 9.17) is 4.74 Å². The molecule has 0 saturated carbocycles. The summed E-state index contributed by atoms with van der Waals surface area (Å²) in [6, 6.07) is 15.5. The van der Waals surface area contributed by atoms with E-state index in [0.717, 1.165) is 28.0 Å². The topological polar surface area (TPSA) is 68.2 Å². The SMILES string of the molecule is COc1ccc(C)cc1C(C)NC(=O)NCc1ccccc1Cn1cccn1. The molecule has 0 spiro atoms. The smallest absolute Gasteiger partial charge is 0.315 e. The summed E-state index contributed by atoms with van der Waals surface area (Å²) < 4.78 is 7.28. The minimum atomic E-state index is -0.218. The van der Waals surface area contributed by atoms with Crippen molar-refractivity contribution < 1.29 is 9.53 Å². The second kappa shape index (κ2) is 9.08. The van der Waals surface area contributed by atoms with E-state index in [9.17, 15) is 4.79 Å². The number of nitrogens with one attached hydrogen (secondary N) is 2. The molecule has 0 radical (unpaired) electrons. The Balaban J connectivity index is 1.61. The maximum absolute atomic E-state index is 12.4. The largest absolute Gasteiger partial charge is 0.496 e. The summed E-state index contributed by atoms with van der Waals surface area (Å²) in [5, 5.41) is 10.2. The molecule has 1 aromatic heterocycles. The lowest BCUT2D eigenvalue weighted by molar-refractivity contribution is 0.237. The first-order chi connectivity index (χ1) is 13.6. The molecule has 1 heterocycles. The second-order valence-corrected chi connectivity index (χ2v) is 6.77. The highest BCUT2D eigenvalue weighted by Crippen LogP contribution is 2.25. The Hall–Kier alpha value is -3.28. The minimum absolute atomic E-state index is 0.172. The number of rotatable bonds is 7. The zero-order valence-electron chi connectivity index (χ0n) is 16.5. The lowest BCUT2D eigenvalue weighted by Crippen LogP contribution is -2.37. The van der Waals surface area contributed by atoms with Crippen molar-refractivity contribution >= 4 is 6.03 Å². The summed E-state index contributed by atoms with van der Waals surface area (Å²) in [5.74, 6) is 0.767. The molecule has 146 valence electrons. The van der Waals surface area contributed by atoms with Gasteiger partial charge in [-0.25, -0.2) is 4.79 Å². The molecule has 0 bridgehead atoms. The number of methoxy groups -OCH3 is 1. The summed E-state index contributed by atoms with van der Waals surface area (Å²) >= 11 is 0. The van der Waals surface area contributed by atoms with Crippen molar-refractivity contribution in [2.24, 2.45) is 0 Å². The molecule has 0 saturated heterocycles. The number of ether oxygens (including phenoxy) is 1. The Labute approximate surface area is 165 Å². The molecule has 0 fully saturated rings. The van der Waals surface area contributed by atoms with Crippen LogP contribution in [0.15, 0.2) is 60.9 Å². The molecular formula is C22H26N4O2. The number of hydrogen-bond acceptors (Lipinski definition) is 3. The normalized spacial score (nSPS) is 11.7. The molecule has 2 amide bonds. The van der Waals surface area contributed by atoms with Crippen LogP contribution in [-0.4, -0.2) is 22.9 Å². The molecule has 6 heteroatoms. The minimum Gasteiger partial charge on any atom is -0.496 e. The molecule has 3 aromatic rings. The number of hydrogen-bond donors (Lipinski definition) is 2. The third-order valence-electron chi connectivity index (χ3n) is 4.65. The van der Waals surface area contributed by atoms with Gasteiger partial charge in [0, 0.05) is 24.5 Å². The first kappa shape index (κ1) is 19.5. The summed E-state index contributed by atoms with van der Waals surface area (Å²) in [4.78, 5) is 12.4. The van der Waals surface area contributed by atoms with Gasteiger partial charge in [0.1, 0.15) is 5.75 Å². The molecular weight excluding hydrogens is 352 g/mol. The summed E-state index contributed by atoms with van der Waals surface area (Å²) in [6.07, 6.45) is 3.68. The van der Waals surface area contributed by atoms with Crippen LogP contribution < -0.4 is 15.4 Å². The highest BCUT2D eigenvalue weighted by atomic mass is 16.5. The van der Waals surface area contributed by atoms with Gasteiger partial charge in [-0.15, -0.1) is 0 Å². The van der Waals surface area contributed by atoms with E-state index in [1.165, 1.54) is 0 Å². The monoisotopic (exact) mass is 378 g/mol. The van der Waals surface area contributed by atoms with Crippen molar-refractivity contribution in [2.75, 3.05) is 7.11 Å². The fourth-order valence-corrected chi connectivity index (χ4v) is 3.15. The zero-order valence-corrected chi connectivity index (χ0v) is 16.5. The van der Waals surface area contributed by atoms with Crippen LogP contribution in [0.2, 0.25) is 0 Å². The average Bonchev–Trinajstić information content (AvgIpc) is 3.20. The molecule has 0 aliphatic carbocycles. The zero-order chi connectivity index (χ0) is 19.9. The van der Waals surface area contributed by atoms with Crippen molar-refractivity contribution in [3.8, 4) is 5.75 Å². The lowest BCUT2D eigenvalue weighted by Gasteiger charge is -2.19. The van der Waals surface area contributed by atoms with Crippen LogP contribution >= 0.6 is 0 Å². The Morgan fingerprint density at radius 1 is 1.18 bits per heavy atom. The number of aromatic nitrogens is 2. The van der Waals surface area contributed by atoms with Crippen LogP contribution in [0.5, 0.6) is 5.75 Å². The predicted molar refractivity (Wildman–Crippen MR) is 109 cm³/mol. The molecule has 2 aromatic carbocycles. The van der Waals surface area contributed by atoms with Crippen molar-refractivity contribution in [2.45, 2.75) is 33.0 Å². The number of aryl methyl sites for hydroxylation is 1. The molecule has 0 aliphatic rings. The number of nitrogens with zero attached hydrogens (tertiary/aromatic N) is 2. The van der Waals surface area contributed by atoms with Crippen LogP contribution in [0.4, 0.5) is 4.79 Å². The first-order valence-electron chi connectivity index (χ1n) is 9.30. The van der Waals surface area contributed by atoms with Gasteiger partial charge in [0.25, 0.3) is 0 Å². The maximum Gasteiger partial charge on any atom is 0.315 e. The Bertz CT molecular complexity index is 922.